The van der Waals surface area contributed by atoms with Crippen LogP contribution >= 0.6 is 0 Å². The Labute approximate surface area is 290 Å². The van der Waals surface area contributed by atoms with Gasteiger partial charge in [-0.05, 0) is 43.5 Å². The van der Waals surface area contributed by atoms with Gasteiger partial charge < -0.3 is 35.5 Å². The molecule has 5 N–H and O–H groups in total. The van der Waals surface area contributed by atoms with Crippen LogP contribution in [-0.2, 0) is 21.9 Å². The molecule has 3 atom stereocenters. The van der Waals surface area contributed by atoms with Crippen LogP contribution in [0.2, 0.25) is 0 Å². The molecule has 0 amide bonds. The predicted molar refractivity (Wildman–Crippen MR) is 181 cm³/mol. The van der Waals surface area contributed by atoms with Crippen LogP contribution in [0.3, 0.4) is 0 Å². The van der Waals surface area contributed by atoms with Crippen molar-refractivity contribution < 1.29 is 32.9 Å². The number of hydrogen-bond acceptors (Lipinski definition) is 11. The van der Waals surface area contributed by atoms with Gasteiger partial charge >= 0.3 is 12.1 Å². The van der Waals surface area contributed by atoms with E-state index in [0.29, 0.717) is 29.5 Å². The molecule has 2 aromatic carbocycles. The van der Waals surface area contributed by atoms with Crippen LogP contribution in [0.4, 0.5) is 24.9 Å². The number of benzene rings is 2. The fourth-order valence-electron chi connectivity index (χ4n) is 7.02. The molecule has 7 rings (SSSR count). The van der Waals surface area contributed by atoms with Gasteiger partial charge in [0.05, 0.1) is 25.2 Å². The lowest BCUT2D eigenvalue weighted by molar-refractivity contribution is -0.237. The van der Waals surface area contributed by atoms with Crippen molar-refractivity contribution in [2.45, 2.75) is 68.3 Å². The molecule has 1 saturated carbocycles. The van der Waals surface area contributed by atoms with E-state index < -0.39 is 36.6 Å². The quantitative estimate of drug-likeness (QED) is 0.126. The van der Waals surface area contributed by atoms with Gasteiger partial charge in [-0.2, -0.15) is 28.2 Å². The van der Waals surface area contributed by atoms with Crippen molar-refractivity contribution >= 4 is 28.9 Å². The number of piperidine rings is 1. The average molecular weight is 706 g/mol. The van der Waals surface area contributed by atoms with E-state index in [1.165, 1.54) is 18.7 Å². The lowest BCUT2D eigenvalue weighted by Crippen LogP contribution is -2.49. The van der Waals surface area contributed by atoms with Crippen molar-refractivity contribution in [2.24, 2.45) is 0 Å². The van der Waals surface area contributed by atoms with Gasteiger partial charge in [-0.1, -0.05) is 60.7 Å². The number of rotatable bonds is 11. The first kappa shape index (κ1) is 34.4. The SMILES string of the molecule is O=C(O[C@]1(n2cc(CO)cn2)CC[C@@H](n2cnc3c(NCC(c4ccccc4)c4ccccc4)nc(NC4CCNCC4)nc32)[C@@H]1O)C(F)(F)F. The lowest BCUT2D eigenvalue weighted by Gasteiger charge is -2.34. The summed E-state index contributed by atoms with van der Waals surface area (Å²) in [7, 11) is 0. The number of nitrogens with one attached hydrogen (secondary N) is 3. The maximum Gasteiger partial charge on any atom is 0.491 e. The average Bonchev–Trinajstić information content (AvgIpc) is 3.87. The summed E-state index contributed by atoms with van der Waals surface area (Å²) in [5.41, 5.74) is 0.971. The van der Waals surface area contributed by atoms with E-state index in [9.17, 15) is 28.2 Å². The van der Waals surface area contributed by atoms with E-state index in [-0.39, 0.29) is 30.4 Å². The van der Waals surface area contributed by atoms with Gasteiger partial charge in [-0.15, -0.1) is 0 Å². The standard InChI is InChI=1S/C35H38F3N9O4/c36-35(37,38)32(50)51-34(47-19-22(20-48)17-42-47)14-11-27(29(34)49)46-21-41-28-30(44-33(45-31(28)46)43-25-12-15-39-16-13-25)40-18-26(23-7-3-1-4-8-23)24-9-5-2-6-10-24/h1-10,17,19,21,25-27,29,39,48-49H,11-16,18,20H2,(H2,40,43,44,45)/t27-,29+,34-/m1/s1. The normalized spacial score (nSPS) is 21.3. The third-order valence-electron chi connectivity index (χ3n) is 9.66. The Morgan fingerprint density at radius 2 is 1.73 bits per heavy atom. The molecule has 0 bridgehead atoms. The number of imidazole rings is 1. The first-order valence-corrected chi connectivity index (χ1v) is 16.8. The van der Waals surface area contributed by atoms with Gasteiger partial charge in [-0.3, -0.25) is 0 Å². The largest absolute Gasteiger partial charge is 0.491 e. The number of aromatic nitrogens is 6. The van der Waals surface area contributed by atoms with Crippen molar-refractivity contribution in [3.8, 4) is 0 Å². The van der Waals surface area contributed by atoms with Crippen molar-refractivity contribution in [1.82, 2.24) is 34.6 Å². The summed E-state index contributed by atoms with van der Waals surface area (Å²) >= 11 is 0. The molecule has 2 aliphatic rings. The summed E-state index contributed by atoms with van der Waals surface area (Å²) < 4.78 is 48.2. The van der Waals surface area contributed by atoms with E-state index in [0.717, 1.165) is 41.7 Å². The number of fused-ring (bicyclic) bond motifs is 1. The number of nitrogens with zero attached hydrogens (tertiary/aromatic N) is 6. The highest BCUT2D eigenvalue weighted by Gasteiger charge is 2.57. The summed E-state index contributed by atoms with van der Waals surface area (Å²) in [5, 5.41) is 35.8. The van der Waals surface area contributed by atoms with E-state index in [2.05, 4.69) is 50.3 Å². The molecule has 5 aromatic rings. The zero-order valence-electron chi connectivity index (χ0n) is 27.5. The van der Waals surface area contributed by atoms with Gasteiger partial charge in [0.25, 0.3) is 0 Å². The summed E-state index contributed by atoms with van der Waals surface area (Å²) in [6, 6.07) is 19.3. The fraction of sp³-hybridized carbons (Fsp3) is 0.400. The van der Waals surface area contributed by atoms with Crippen molar-refractivity contribution in [3.63, 3.8) is 0 Å². The summed E-state index contributed by atoms with van der Waals surface area (Å²) in [6.45, 7) is 1.66. The van der Waals surface area contributed by atoms with Crippen LogP contribution in [0.5, 0.6) is 0 Å². The van der Waals surface area contributed by atoms with E-state index in [1.54, 1.807) is 4.57 Å². The Hall–Kier alpha value is -5.06. The highest BCUT2D eigenvalue weighted by atomic mass is 19.4. The molecule has 1 aliphatic carbocycles. The second-order valence-corrected chi connectivity index (χ2v) is 12.9. The molecule has 0 spiro atoms. The highest BCUT2D eigenvalue weighted by Crippen LogP contribution is 2.46. The predicted octanol–water partition coefficient (Wildman–Crippen LogP) is 4.08. The Morgan fingerprint density at radius 1 is 1.04 bits per heavy atom. The second-order valence-electron chi connectivity index (χ2n) is 12.9. The number of ether oxygens (including phenoxy) is 1. The molecule has 0 unspecified atom stereocenters. The molecule has 16 heteroatoms. The number of aliphatic hydroxyl groups is 2. The van der Waals surface area contributed by atoms with Crippen molar-refractivity contribution in [3.05, 3.63) is 96.1 Å². The monoisotopic (exact) mass is 705 g/mol. The molecule has 1 saturated heterocycles. The third kappa shape index (κ3) is 6.98. The summed E-state index contributed by atoms with van der Waals surface area (Å²) in [5.74, 6) is -1.74. The molecule has 4 heterocycles. The number of hydrogen-bond donors (Lipinski definition) is 5. The smallest absolute Gasteiger partial charge is 0.427 e. The summed E-state index contributed by atoms with van der Waals surface area (Å²) in [6.07, 6.45) is -1.51. The minimum absolute atomic E-state index is 0.0428. The van der Waals surface area contributed by atoms with E-state index in [1.807, 2.05) is 36.4 Å². The van der Waals surface area contributed by atoms with Crippen LogP contribution in [0.25, 0.3) is 11.2 Å². The van der Waals surface area contributed by atoms with Crippen molar-refractivity contribution in [2.75, 3.05) is 30.3 Å². The molecule has 0 radical (unpaired) electrons. The first-order valence-electron chi connectivity index (χ1n) is 16.8. The molecular weight excluding hydrogens is 667 g/mol. The minimum Gasteiger partial charge on any atom is -0.427 e. The number of carbonyl (C=O) groups is 1. The van der Waals surface area contributed by atoms with Gasteiger partial charge in [0.1, 0.15) is 6.10 Å². The molecule has 13 nitrogen and oxygen atoms in total. The van der Waals surface area contributed by atoms with Crippen LogP contribution in [0, 0.1) is 0 Å². The first-order chi connectivity index (χ1) is 24.7. The van der Waals surface area contributed by atoms with Gasteiger partial charge in [0.15, 0.2) is 17.0 Å². The maximum absolute atomic E-state index is 13.5. The maximum atomic E-state index is 13.5. The second kappa shape index (κ2) is 14.3. The number of aliphatic hydroxyl groups excluding tert-OH is 2. The van der Waals surface area contributed by atoms with E-state index in [4.69, 9.17) is 14.7 Å². The van der Waals surface area contributed by atoms with Crippen LogP contribution in [-0.4, -0.2) is 83.4 Å². The topological polar surface area (TPSA) is 164 Å². The van der Waals surface area contributed by atoms with Gasteiger partial charge in [-0.25, -0.2) is 14.5 Å². The lowest BCUT2D eigenvalue weighted by atomic mass is 9.91. The van der Waals surface area contributed by atoms with Crippen LogP contribution in [0.1, 0.15) is 54.3 Å². The zero-order valence-corrected chi connectivity index (χ0v) is 27.5. The molecule has 2 fully saturated rings. The number of carbonyl (C=O) groups excluding carboxylic acids is 1. The minimum atomic E-state index is -5.32. The Balaban J connectivity index is 1.26. The zero-order chi connectivity index (χ0) is 35.6. The van der Waals surface area contributed by atoms with E-state index >= 15 is 0 Å². The fourth-order valence-corrected chi connectivity index (χ4v) is 7.02. The van der Waals surface area contributed by atoms with Gasteiger partial charge in [0.2, 0.25) is 11.7 Å². The summed E-state index contributed by atoms with van der Waals surface area (Å²) in [4.78, 5) is 26.5. The molecule has 51 heavy (non-hydrogen) atoms. The van der Waals surface area contributed by atoms with Crippen LogP contribution in [0.15, 0.2) is 79.4 Å². The highest BCUT2D eigenvalue weighted by molar-refractivity contribution is 5.84. The van der Waals surface area contributed by atoms with Crippen molar-refractivity contribution in [1.29, 1.82) is 0 Å². The molecule has 268 valence electrons. The number of alkyl halides is 3. The number of anilines is 2. The van der Waals surface area contributed by atoms with Crippen LogP contribution < -0.4 is 16.0 Å². The third-order valence-corrected chi connectivity index (χ3v) is 9.66. The molecule has 1 aliphatic heterocycles. The molecular formula is C35H38F3N9O4. The number of esters is 1. The van der Waals surface area contributed by atoms with Gasteiger partial charge in [0, 0.05) is 36.7 Å². The Morgan fingerprint density at radius 3 is 2.35 bits per heavy atom. The Bertz CT molecular complexity index is 1910. The Kier molecular flexibility index (Phi) is 9.63. The molecule has 3 aromatic heterocycles. The number of halogens is 3.